The van der Waals surface area contributed by atoms with Crippen molar-refractivity contribution in [1.29, 1.82) is 0 Å². The molecule has 9 nitrogen and oxygen atoms in total. The first kappa shape index (κ1) is 23.3. The lowest BCUT2D eigenvalue weighted by atomic mass is 9.99. The number of aromatic nitrogens is 4. The molecule has 38 heavy (non-hydrogen) atoms. The number of carboxylic acid groups (broad SMARTS) is 1. The Bertz CT molecular complexity index is 1510. The summed E-state index contributed by atoms with van der Waals surface area (Å²) in [5.41, 5.74) is 1.08. The summed E-state index contributed by atoms with van der Waals surface area (Å²) < 4.78 is 42.6. The number of hydrogen-bond donors (Lipinski definition) is 1. The molecule has 3 aromatic heterocycles. The van der Waals surface area contributed by atoms with Crippen LogP contribution in [0, 0.1) is 11.6 Å². The number of imidazole rings is 1. The van der Waals surface area contributed by atoms with E-state index in [2.05, 4.69) is 20.1 Å². The maximum absolute atomic E-state index is 14.6. The van der Waals surface area contributed by atoms with E-state index in [1.54, 1.807) is 6.07 Å². The fourth-order valence-electron chi connectivity index (χ4n) is 6.00. The van der Waals surface area contributed by atoms with E-state index in [4.69, 9.17) is 9.26 Å². The summed E-state index contributed by atoms with van der Waals surface area (Å²) in [5, 5.41) is 17.9. The molecule has 2 saturated heterocycles. The highest BCUT2D eigenvalue weighted by Crippen LogP contribution is 2.45. The van der Waals surface area contributed by atoms with Gasteiger partial charge in [0.2, 0.25) is 0 Å². The van der Waals surface area contributed by atoms with E-state index in [0.717, 1.165) is 44.3 Å². The van der Waals surface area contributed by atoms with Crippen molar-refractivity contribution in [2.45, 2.75) is 69.2 Å². The third kappa shape index (κ3) is 3.92. The van der Waals surface area contributed by atoms with Crippen LogP contribution in [0.2, 0.25) is 0 Å². The summed E-state index contributed by atoms with van der Waals surface area (Å²) in [5.74, 6) is -0.772. The predicted molar refractivity (Wildman–Crippen MR) is 131 cm³/mol. The minimum Gasteiger partial charge on any atom is -0.476 e. The summed E-state index contributed by atoms with van der Waals surface area (Å²) in [7, 11) is 0. The van der Waals surface area contributed by atoms with Gasteiger partial charge in [-0.25, -0.2) is 23.1 Å². The molecule has 2 bridgehead atoms. The third-order valence-electron chi connectivity index (χ3n) is 7.91. The summed E-state index contributed by atoms with van der Waals surface area (Å²) in [4.78, 5) is 17.7. The molecule has 11 heteroatoms. The van der Waals surface area contributed by atoms with Crippen molar-refractivity contribution >= 4 is 17.4 Å². The lowest BCUT2D eigenvalue weighted by Gasteiger charge is -2.39. The summed E-state index contributed by atoms with van der Waals surface area (Å²) in [6, 6.07) is 7.89. The van der Waals surface area contributed by atoms with Gasteiger partial charge in [0.25, 0.3) is 0 Å². The van der Waals surface area contributed by atoms with Crippen LogP contribution in [0.25, 0.3) is 16.9 Å². The number of anilines is 1. The van der Waals surface area contributed by atoms with Gasteiger partial charge in [0.05, 0.1) is 24.5 Å². The number of carboxylic acids is 1. The van der Waals surface area contributed by atoms with Gasteiger partial charge < -0.3 is 19.3 Å². The van der Waals surface area contributed by atoms with Gasteiger partial charge in [0, 0.05) is 23.6 Å². The van der Waals surface area contributed by atoms with E-state index in [9.17, 15) is 18.7 Å². The van der Waals surface area contributed by atoms with Crippen molar-refractivity contribution in [1.82, 2.24) is 19.8 Å². The molecule has 5 heterocycles. The molecule has 1 saturated carbocycles. The normalized spacial score (nSPS) is 22.9. The minimum atomic E-state index is -1.09. The van der Waals surface area contributed by atoms with E-state index >= 15 is 0 Å². The molecular formula is C27H25F2N5O4. The molecule has 7 rings (SSSR count). The quantitative estimate of drug-likeness (QED) is 0.364. The fraction of sp³-hybridized carbons (Fsp3) is 0.407. The minimum absolute atomic E-state index is 0.0281. The van der Waals surface area contributed by atoms with Crippen LogP contribution in [0.5, 0.6) is 0 Å². The highest BCUT2D eigenvalue weighted by molar-refractivity contribution is 5.86. The Kier molecular flexibility index (Phi) is 5.43. The zero-order valence-electron chi connectivity index (χ0n) is 20.4. The predicted octanol–water partition coefficient (Wildman–Crippen LogP) is 4.95. The van der Waals surface area contributed by atoms with E-state index in [0.29, 0.717) is 17.0 Å². The summed E-state index contributed by atoms with van der Waals surface area (Å²) >= 11 is 0. The molecule has 0 spiro atoms. The molecule has 2 unspecified atom stereocenters. The van der Waals surface area contributed by atoms with Gasteiger partial charge >= 0.3 is 5.97 Å². The number of benzene rings is 1. The average molecular weight is 522 g/mol. The van der Waals surface area contributed by atoms with Crippen molar-refractivity contribution in [2.24, 2.45) is 0 Å². The molecular weight excluding hydrogens is 496 g/mol. The van der Waals surface area contributed by atoms with E-state index in [1.807, 2.05) is 6.07 Å². The van der Waals surface area contributed by atoms with Gasteiger partial charge in [-0.15, -0.1) is 5.10 Å². The van der Waals surface area contributed by atoms with Gasteiger partial charge in [0.15, 0.2) is 11.3 Å². The zero-order valence-corrected chi connectivity index (χ0v) is 20.4. The third-order valence-corrected chi connectivity index (χ3v) is 7.91. The fourth-order valence-corrected chi connectivity index (χ4v) is 6.00. The second kappa shape index (κ2) is 8.87. The molecule has 1 N–H and O–H groups in total. The van der Waals surface area contributed by atoms with Crippen molar-refractivity contribution in [2.75, 3.05) is 4.90 Å². The number of piperidine rings is 1. The molecule has 3 aliphatic rings. The van der Waals surface area contributed by atoms with Crippen molar-refractivity contribution in [3.63, 3.8) is 0 Å². The van der Waals surface area contributed by atoms with Crippen LogP contribution in [-0.4, -0.2) is 49.0 Å². The van der Waals surface area contributed by atoms with Crippen molar-refractivity contribution in [3.05, 3.63) is 65.2 Å². The van der Waals surface area contributed by atoms with E-state index < -0.39 is 17.6 Å². The number of hydrogen-bond acceptors (Lipinski definition) is 7. The number of halogens is 2. The lowest BCUT2D eigenvalue weighted by Crippen LogP contribution is -2.46. The van der Waals surface area contributed by atoms with Crippen LogP contribution in [0.4, 0.5) is 14.6 Å². The average Bonchev–Trinajstić information content (AvgIpc) is 3.41. The Labute approximate surface area is 216 Å². The maximum Gasteiger partial charge on any atom is 0.356 e. The molecule has 0 amide bonds. The van der Waals surface area contributed by atoms with Gasteiger partial charge in [-0.2, -0.15) is 0 Å². The van der Waals surface area contributed by atoms with Crippen LogP contribution in [0.1, 0.15) is 66.3 Å². The standard InChI is InChI=1S/C27H25F2N5O4/c28-19-2-1-3-20(29)24(19)25-18(26(38-32-25)14-4-5-14)13-37-17-10-15-6-7-16(11-17)34(15)23-9-8-22-30-21(27(35)36)12-33(22)31-23/h1-3,8-9,12,14-17H,4-7,10-11,13H2,(H,35,36). The second-order valence-electron chi connectivity index (χ2n) is 10.4. The highest BCUT2D eigenvalue weighted by atomic mass is 19.1. The first-order valence-electron chi connectivity index (χ1n) is 12.9. The molecule has 3 fully saturated rings. The number of carbonyl (C=O) groups is 1. The van der Waals surface area contributed by atoms with Crippen LogP contribution in [0.15, 0.2) is 41.1 Å². The van der Waals surface area contributed by atoms with Gasteiger partial charge in [-0.05, 0) is 62.8 Å². The van der Waals surface area contributed by atoms with Crippen LogP contribution in [0.3, 0.4) is 0 Å². The van der Waals surface area contributed by atoms with Crippen molar-refractivity contribution < 1.29 is 27.9 Å². The monoisotopic (exact) mass is 521 g/mol. The molecule has 0 radical (unpaired) electrons. The smallest absolute Gasteiger partial charge is 0.356 e. The number of ether oxygens (including phenoxy) is 1. The largest absolute Gasteiger partial charge is 0.476 e. The van der Waals surface area contributed by atoms with Gasteiger partial charge in [-0.3, -0.25) is 0 Å². The first-order valence-corrected chi connectivity index (χ1v) is 12.9. The zero-order chi connectivity index (χ0) is 26.0. The van der Waals surface area contributed by atoms with Crippen LogP contribution >= 0.6 is 0 Å². The summed E-state index contributed by atoms with van der Waals surface area (Å²) in [6.45, 7) is 0.180. The Morgan fingerprint density at radius 1 is 1.08 bits per heavy atom. The molecule has 1 aliphatic carbocycles. The summed E-state index contributed by atoms with van der Waals surface area (Å²) in [6.07, 6.45) is 6.90. The highest BCUT2D eigenvalue weighted by Gasteiger charge is 2.42. The SMILES string of the molecule is O=C(O)c1cn2nc(N3C4CCC3CC(OCc3c(-c5c(F)cccc5F)noc3C3CC3)C4)ccc2n1. The van der Waals surface area contributed by atoms with Crippen LogP contribution in [-0.2, 0) is 11.3 Å². The topological polar surface area (TPSA) is 106 Å². The Morgan fingerprint density at radius 2 is 1.82 bits per heavy atom. The number of aromatic carboxylic acids is 1. The maximum atomic E-state index is 14.6. The first-order chi connectivity index (χ1) is 18.5. The Hall–Kier alpha value is -3.86. The van der Waals surface area contributed by atoms with Gasteiger partial charge in [-0.1, -0.05) is 11.2 Å². The lowest BCUT2D eigenvalue weighted by molar-refractivity contribution is 0.0145. The molecule has 2 aliphatic heterocycles. The van der Waals surface area contributed by atoms with Crippen LogP contribution < -0.4 is 4.90 Å². The van der Waals surface area contributed by atoms with E-state index in [-0.39, 0.29) is 47.7 Å². The van der Waals surface area contributed by atoms with Crippen molar-refractivity contribution in [3.8, 4) is 11.3 Å². The number of fused-ring (bicyclic) bond motifs is 3. The Balaban J connectivity index is 1.10. The second-order valence-corrected chi connectivity index (χ2v) is 10.4. The molecule has 1 aromatic carbocycles. The Morgan fingerprint density at radius 3 is 2.50 bits per heavy atom. The molecule has 4 aromatic rings. The number of rotatable bonds is 7. The number of nitrogens with zero attached hydrogens (tertiary/aromatic N) is 5. The molecule has 2 atom stereocenters. The van der Waals surface area contributed by atoms with Gasteiger partial charge in [0.1, 0.15) is 28.9 Å². The molecule has 196 valence electrons. The van der Waals surface area contributed by atoms with E-state index in [1.165, 1.54) is 28.9 Å².